The third-order valence-corrected chi connectivity index (χ3v) is 11.8. The highest BCUT2D eigenvalue weighted by molar-refractivity contribution is 8.00. The predicted octanol–water partition coefficient (Wildman–Crippen LogP) is 7.51. The van der Waals surface area contributed by atoms with E-state index in [1.54, 1.807) is 30.3 Å². The van der Waals surface area contributed by atoms with Crippen LogP contribution in [-0.2, 0) is 28.7 Å². The number of fused-ring (bicyclic) bond motifs is 1. The number of nitrogens with one attached hydrogen (secondary N) is 2. The minimum Gasteiger partial charge on any atom is -0.451 e. The fourth-order valence-electron chi connectivity index (χ4n) is 7.10. The summed E-state index contributed by atoms with van der Waals surface area (Å²) in [6.45, 7) is 0. The molecule has 5 aromatic carbocycles. The molecule has 0 radical (unpaired) electrons. The van der Waals surface area contributed by atoms with Crippen molar-refractivity contribution >= 4 is 53.0 Å². The molecule has 0 spiro atoms. The smallest absolute Gasteiger partial charge is 0.356 e. The van der Waals surface area contributed by atoms with Gasteiger partial charge in [-0.1, -0.05) is 140 Å². The minimum absolute atomic E-state index is 0.0220. The highest BCUT2D eigenvalue weighted by Gasteiger charge is 2.54. The fourth-order valence-corrected chi connectivity index (χ4v) is 8.78. The third-order valence-electron chi connectivity index (χ3n) is 10.1. The molecule has 0 aromatic heterocycles. The van der Waals surface area contributed by atoms with Gasteiger partial charge < -0.3 is 20.1 Å². The molecule has 2 unspecified atom stereocenters. The Bertz CT molecular complexity index is 2200. The molecule has 2 aliphatic heterocycles. The van der Waals surface area contributed by atoms with Crippen LogP contribution in [0.15, 0.2) is 163 Å². The molecule has 1 saturated heterocycles. The molecular formula is C47H42ClN3O7S. The molecule has 0 saturated carbocycles. The van der Waals surface area contributed by atoms with Gasteiger partial charge in [0.2, 0.25) is 5.91 Å². The average molecular weight is 828 g/mol. The number of carbonyl (C=O) groups is 5. The lowest BCUT2D eigenvalue weighted by Crippen LogP contribution is -2.70. The van der Waals surface area contributed by atoms with Gasteiger partial charge in [-0.3, -0.25) is 19.3 Å². The van der Waals surface area contributed by atoms with Crippen LogP contribution >= 0.6 is 23.4 Å². The Morgan fingerprint density at radius 2 is 1.17 bits per heavy atom. The van der Waals surface area contributed by atoms with E-state index in [0.717, 1.165) is 22.3 Å². The third kappa shape index (κ3) is 9.76. The van der Waals surface area contributed by atoms with Crippen LogP contribution in [0, 0.1) is 0 Å². The molecule has 0 bridgehead atoms. The Hall–Kier alpha value is -6.17. The molecule has 59 heavy (non-hydrogen) atoms. The second kappa shape index (κ2) is 19.5. The summed E-state index contributed by atoms with van der Waals surface area (Å²) < 4.78 is 12.2. The number of β-lactam (4-membered cyclic amide) rings is 1. The Morgan fingerprint density at radius 3 is 1.66 bits per heavy atom. The van der Waals surface area contributed by atoms with Gasteiger partial charge in [0, 0.05) is 23.6 Å². The van der Waals surface area contributed by atoms with Crippen LogP contribution in [0.25, 0.3) is 0 Å². The van der Waals surface area contributed by atoms with Crippen molar-refractivity contribution in [1.82, 2.24) is 15.5 Å². The summed E-state index contributed by atoms with van der Waals surface area (Å²) in [6, 6.07) is 43.9. The zero-order valence-electron chi connectivity index (χ0n) is 31.9. The number of hydrogen-bond donors (Lipinski definition) is 2. The number of esters is 2. The summed E-state index contributed by atoms with van der Waals surface area (Å²) in [7, 11) is 0. The van der Waals surface area contributed by atoms with E-state index >= 15 is 0 Å². The number of alkyl halides is 1. The van der Waals surface area contributed by atoms with Gasteiger partial charge in [-0.25, -0.2) is 9.59 Å². The first-order valence-corrected chi connectivity index (χ1v) is 20.9. The van der Waals surface area contributed by atoms with E-state index in [1.807, 2.05) is 121 Å². The number of ether oxygens (including phenoxy) is 2. The largest absolute Gasteiger partial charge is 0.451 e. The van der Waals surface area contributed by atoms with Gasteiger partial charge in [0.25, 0.3) is 11.8 Å². The van der Waals surface area contributed by atoms with E-state index in [1.165, 1.54) is 16.7 Å². The van der Waals surface area contributed by atoms with E-state index < -0.39 is 59.3 Å². The standard InChI is InChI=1S/C47H42ClN3O7S/c48-29-36-30-59-45-39(44(54)51(45)40(36)47(56)58-42(33-21-10-3-11-22-33)34-23-12-4-13-24-34)50-38(52)28-16-27-37(49-43(53)35-25-14-5-15-26-35)46(55)57-41(31-17-6-1-7-18-31)32-19-8-2-9-20-32/h1-15,17-26,37,39,41-42,45H,16,27-30H2,(H,49,53)(H,50,52)/t37?,39?,45-/m0/s1. The van der Waals surface area contributed by atoms with Crippen LogP contribution in [-0.4, -0.2) is 63.7 Å². The SMILES string of the molecule is O=C(CCCC(NC(=O)c1ccccc1)C(=O)OC(c1ccccc1)c1ccccc1)NC1C(=O)N2C(C(=O)OC(c3ccccc3)c3ccccc3)=C(CCl)CS[C@@H]12. The molecule has 3 amide bonds. The highest BCUT2D eigenvalue weighted by atomic mass is 35.5. The summed E-state index contributed by atoms with van der Waals surface area (Å²) in [5, 5.41) is 5.10. The van der Waals surface area contributed by atoms with Crippen molar-refractivity contribution < 1.29 is 33.4 Å². The van der Waals surface area contributed by atoms with Crippen LogP contribution < -0.4 is 10.6 Å². The van der Waals surface area contributed by atoms with Gasteiger partial charge >= 0.3 is 11.9 Å². The van der Waals surface area contributed by atoms with Crippen molar-refractivity contribution in [2.75, 3.05) is 11.6 Å². The van der Waals surface area contributed by atoms with Crippen LogP contribution in [0.4, 0.5) is 0 Å². The summed E-state index contributed by atoms with van der Waals surface area (Å²) in [5.41, 5.74) is 4.08. The number of benzene rings is 5. The predicted molar refractivity (Wildman–Crippen MR) is 226 cm³/mol. The number of carbonyl (C=O) groups excluding carboxylic acids is 5. The van der Waals surface area contributed by atoms with Gasteiger partial charge in [0.1, 0.15) is 23.2 Å². The number of nitrogens with zero attached hydrogens (tertiary/aromatic N) is 1. The first kappa shape index (κ1) is 41.0. The van der Waals surface area contributed by atoms with Gasteiger partial charge in [-0.05, 0) is 52.8 Å². The Morgan fingerprint density at radius 1 is 0.695 bits per heavy atom. The van der Waals surface area contributed by atoms with Crippen molar-refractivity contribution in [2.45, 2.75) is 48.9 Å². The summed E-state index contributed by atoms with van der Waals surface area (Å²) >= 11 is 7.71. The van der Waals surface area contributed by atoms with Crippen molar-refractivity contribution in [3.05, 3.63) is 191 Å². The summed E-state index contributed by atoms with van der Waals surface area (Å²) in [5.74, 6) is -2.27. The molecule has 300 valence electrons. The van der Waals surface area contributed by atoms with E-state index in [0.29, 0.717) is 16.9 Å². The lowest BCUT2D eigenvalue weighted by atomic mass is 10.0. The zero-order valence-corrected chi connectivity index (χ0v) is 33.5. The molecule has 7 rings (SSSR count). The van der Waals surface area contributed by atoms with Crippen LogP contribution in [0.3, 0.4) is 0 Å². The van der Waals surface area contributed by atoms with Crippen LogP contribution in [0.2, 0.25) is 0 Å². The Labute approximate surface area is 351 Å². The van der Waals surface area contributed by atoms with E-state index in [4.69, 9.17) is 21.1 Å². The zero-order chi connectivity index (χ0) is 41.1. The molecule has 12 heteroatoms. The van der Waals surface area contributed by atoms with Crippen LogP contribution in [0.5, 0.6) is 0 Å². The van der Waals surface area contributed by atoms with Gasteiger partial charge in [0.15, 0.2) is 12.2 Å². The van der Waals surface area contributed by atoms with E-state index in [9.17, 15) is 24.0 Å². The first-order valence-electron chi connectivity index (χ1n) is 19.3. The molecule has 1 fully saturated rings. The maximum absolute atomic E-state index is 13.9. The van der Waals surface area contributed by atoms with Crippen molar-refractivity contribution in [3.63, 3.8) is 0 Å². The van der Waals surface area contributed by atoms with E-state index in [2.05, 4.69) is 10.6 Å². The highest BCUT2D eigenvalue weighted by Crippen LogP contribution is 2.42. The molecule has 2 heterocycles. The van der Waals surface area contributed by atoms with Gasteiger partial charge in [0.05, 0.1) is 0 Å². The lowest BCUT2D eigenvalue weighted by Gasteiger charge is -2.49. The maximum atomic E-state index is 13.9. The fraction of sp³-hybridized carbons (Fsp3) is 0.213. The van der Waals surface area contributed by atoms with Crippen LogP contribution in [0.1, 0.15) is 64.1 Å². The maximum Gasteiger partial charge on any atom is 0.356 e. The first-order chi connectivity index (χ1) is 28.8. The monoisotopic (exact) mass is 827 g/mol. The summed E-state index contributed by atoms with van der Waals surface area (Å²) in [6.07, 6.45) is -1.22. The van der Waals surface area contributed by atoms with Crippen molar-refractivity contribution in [2.24, 2.45) is 0 Å². The van der Waals surface area contributed by atoms with Gasteiger partial charge in [-0.2, -0.15) is 0 Å². The van der Waals surface area contributed by atoms with Gasteiger partial charge in [-0.15, -0.1) is 23.4 Å². The quantitative estimate of drug-likeness (QED) is 0.0594. The Balaban J connectivity index is 1.01. The normalized spacial score (nSPS) is 16.5. The number of thioether (sulfide) groups is 1. The minimum atomic E-state index is -1.08. The molecular weight excluding hydrogens is 786 g/mol. The van der Waals surface area contributed by atoms with E-state index in [-0.39, 0.29) is 30.8 Å². The molecule has 10 nitrogen and oxygen atoms in total. The average Bonchev–Trinajstić information content (AvgIpc) is 3.29. The van der Waals surface area contributed by atoms with Crippen molar-refractivity contribution in [1.29, 1.82) is 0 Å². The Kier molecular flexibility index (Phi) is 13.6. The molecule has 0 aliphatic carbocycles. The topological polar surface area (TPSA) is 131 Å². The molecule has 5 aromatic rings. The molecule has 2 N–H and O–H groups in total. The molecule has 2 aliphatic rings. The number of hydrogen-bond acceptors (Lipinski definition) is 8. The van der Waals surface area contributed by atoms with Crippen molar-refractivity contribution in [3.8, 4) is 0 Å². The number of rotatable bonds is 16. The second-order valence-electron chi connectivity index (χ2n) is 14.1. The summed E-state index contributed by atoms with van der Waals surface area (Å²) in [4.78, 5) is 69.6. The molecule has 3 atom stereocenters. The number of halogens is 1. The second-order valence-corrected chi connectivity index (χ2v) is 15.4. The number of amides is 3. The lowest BCUT2D eigenvalue weighted by molar-refractivity contribution is -0.154.